The van der Waals surface area contributed by atoms with E-state index in [1.807, 2.05) is 0 Å². The molecule has 21 heavy (non-hydrogen) atoms. The van der Waals surface area contributed by atoms with E-state index in [-0.39, 0.29) is 12.1 Å². The molecule has 0 fully saturated rings. The van der Waals surface area contributed by atoms with Gasteiger partial charge in [-0.2, -0.15) is 10.2 Å². The highest BCUT2D eigenvalue weighted by Crippen LogP contribution is 2.19. The molecule has 108 valence electrons. The third-order valence-corrected chi connectivity index (χ3v) is 2.92. The van der Waals surface area contributed by atoms with Crippen molar-refractivity contribution in [1.29, 1.82) is 0 Å². The van der Waals surface area contributed by atoms with Crippen molar-refractivity contribution in [3.05, 3.63) is 52.3 Å². The van der Waals surface area contributed by atoms with Gasteiger partial charge in [0, 0.05) is 16.4 Å². The van der Waals surface area contributed by atoms with Crippen LogP contribution in [0.15, 0.2) is 41.0 Å². The number of hydrogen-bond donors (Lipinski definition) is 3. The zero-order valence-electron chi connectivity index (χ0n) is 10.7. The zero-order valence-corrected chi connectivity index (χ0v) is 12.3. The van der Waals surface area contributed by atoms with Crippen LogP contribution in [0.5, 0.6) is 0 Å². The summed E-state index contributed by atoms with van der Waals surface area (Å²) in [5.41, 5.74) is 1.07. The lowest BCUT2D eigenvalue weighted by molar-refractivity contribution is 0.0697. The molecule has 1 heterocycles. The van der Waals surface area contributed by atoms with Gasteiger partial charge in [0.1, 0.15) is 0 Å². The average Bonchev–Trinajstić information content (AvgIpc) is 2.45. The monoisotopic (exact) mass is 350 g/mol. The highest BCUT2D eigenvalue weighted by atomic mass is 79.9. The van der Waals surface area contributed by atoms with E-state index in [1.165, 1.54) is 12.1 Å². The van der Waals surface area contributed by atoms with Crippen LogP contribution in [-0.4, -0.2) is 27.3 Å². The molecule has 8 heteroatoms. The fourth-order valence-corrected chi connectivity index (χ4v) is 2.05. The molecule has 0 bridgehead atoms. The molecule has 0 aliphatic carbocycles. The van der Waals surface area contributed by atoms with Gasteiger partial charge in [0.15, 0.2) is 0 Å². The Morgan fingerprint density at radius 2 is 2.10 bits per heavy atom. The maximum absolute atomic E-state index is 11.7. The summed E-state index contributed by atoms with van der Waals surface area (Å²) in [4.78, 5) is 22.7. The summed E-state index contributed by atoms with van der Waals surface area (Å²) in [6.07, 6.45) is 1.54. The van der Waals surface area contributed by atoms with Gasteiger partial charge in [0.05, 0.1) is 17.8 Å². The SMILES string of the molecule is O=C(NCc1cccnn1)Nc1cc(Br)cc(C(=O)O)c1. The molecule has 2 aromatic rings. The van der Waals surface area contributed by atoms with Gasteiger partial charge in [-0.05, 0) is 30.3 Å². The number of rotatable bonds is 4. The highest BCUT2D eigenvalue weighted by molar-refractivity contribution is 9.10. The van der Waals surface area contributed by atoms with E-state index in [4.69, 9.17) is 5.11 Å². The molecule has 0 aliphatic rings. The Morgan fingerprint density at radius 1 is 1.29 bits per heavy atom. The van der Waals surface area contributed by atoms with Crippen LogP contribution in [-0.2, 0) is 6.54 Å². The standard InChI is InChI=1S/C13H11BrN4O3/c14-9-4-8(12(19)20)5-11(6-9)17-13(21)15-7-10-2-1-3-16-18-10/h1-6H,7H2,(H,19,20)(H2,15,17,21). The van der Waals surface area contributed by atoms with E-state index in [2.05, 4.69) is 36.8 Å². The van der Waals surface area contributed by atoms with Crippen LogP contribution in [0, 0.1) is 0 Å². The molecule has 0 radical (unpaired) electrons. The second-order valence-corrected chi connectivity index (χ2v) is 4.97. The zero-order chi connectivity index (χ0) is 15.2. The molecule has 2 amide bonds. The quantitative estimate of drug-likeness (QED) is 0.784. The first-order valence-electron chi connectivity index (χ1n) is 5.90. The van der Waals surface area contributed by atoms with Crippen molar-refractivity contribution in [2.75, 3.05) is 5.32 Å². The molecule has 0 spiro atoms. The number of aromatic carboxylic acids is 1. The van der Waals surface area contributed by atoms with Gasteiger partial charge in [0.25, 0.3) is 0 Å². The van der Waals surface area contributed by atoms with Gasteiger partial charge in [-0.1, -0.05) is 15.9 Å². The number of aromatic nitrogens is 2. The van der Waals surface area contributed by atoms with Crippen molar-refractivity contribution in [3.63, 3.8) is 0 Å². The first-order chi connectivity index (χ1) is 10.0. The fourth-order valence-electron chi connectivity index (χ4n) is 1.56. The molecule has 3 N–H and O–H groups in total. The molecular formula is C13H11BrN4O3. The fraction of sp³-hybridized carbons (Fsp3) is 0.0769. The topological polar surface area (TPSA) is 104 Å². The van der Waals surface area contributed by atoms with Crippen LogP contribution in [0.25, 0.3) is 0 Å². The number of urea groups is 1. The van der Waals surface area contributed by atoms with Crippen LogP contribution < -0.4 is 10.6 Å². The minimum absolute atomic E-state index is 0.0774. The molecule has 7 nitrogen and oxygen atoms in total. The van der Waals surface area contributed by atoms with Gasteiger partial charge >= 0.3 is 12.0 Å². The van der Waals surface area contributed by atoms with E-state index in [1.54, 1.807) is 24.4 Å². The predicted molar refractivity (Wildman–Crippen MR) is 79.0 cm³/mol. The maximum atomic E-state index is 11.7. The first-order valence-corrected chi connectivity index (χ1v) is 6.69. The van der Waals surface area contributed by atoms with Crippen LogP contribution in [0.3, 0.4) is 0 Å². The van der Waals surface area contributed by atoms with E-state index >= 15 is 0 Å². The lowest BCUT2D eigenvalue weighted by Gasteiger charge is -2.08. The Morgan fingerprint density at radius 3 is 2.76 bits per heavy atom. The van der Waals surface area contributed by atoms with Crippen LogP contribution in [0.4, 0.5) is 10.5 Å². The second-order valence-electron chi connectivity index (χ2n) is 4.06. The van der Waals surface area contributed by atoms with Gasteiger partial charge < -0.3 is 15.7 Å². The molecule has 1 aromatic heterocycles. The number of amides is 2. The van der Waals surface area contributed by atoms with Gasteiger partial charge in [-0.25, -0.2) is 9.59 Å². The van der Waals surface area contributed by atoms with Crippen molar-refractivity contribution in [2.24, 2.45) is 0 Å². The van der Waals surface area contributed by atoms with E-state index in [9.17, 15) is 9.59 Å². The number of hydrogen-bond acceptors (Lipinski definition) is 4. The smallest absolute Gasteiger partial charge is 0.335 e. The van der Waals surface area contributed by atoms with Crippen LogP contribution in [0.1, 0.15) is 16.1 Å². The molecular weight excluding hydrogens is 340 g/mol. The Kier molecular flexibility index (Phi) is 4.83. The Balaban J connectivity index is 1.98. The van der Waals surface area contributed by atoms with Gasteiger partial charge in [-0.3, -0.25) is 0 Å². The van der Waals surface area contributed by atoms with Crippen molar-refractivity contribution in [3.8, 4) is 0 Å². The summed E-state index contributed by atoms with van der Waals surface area (Å²) in [5.74, 6) is -1.07. The molecule has 0 saturated carbocycles. The predicted octanol–water partition coefficient (Wildman–Crippen LogP) is 2.26. The van der Waals surface area contributed by atoms with Crippen molar-refractivity contribution < 1.29 is 14.7 Å². The molecule has 1 aromatic carbocycles. The number of nitrogens with one attached hydrogen (secondary N) is 2. The summed E-state index contributed by atoms with van der Waals surface area (Å²) >= 11 is 3.19. The Bertz CT molecular complexity index is 664. The average molecular weight is 351 g/mol. The summed E-state index contributed by atoms with van der Waals surface area (Å²) in [6.45, 7) is 0.222. The molecule has 0 unspecified atom stereocenters. The summed E-state index contributed by atoms with van der Waals surface area (Å²) < 4.78 is 0.562. The summed E-state index contributed by atoms with van der Waals surface area (Å²) in [7, 11) is 0. The summed E-state index contributed by atoms with van der Waals surface area (Å²) in [5, 5.41) is 21.6. The first kappa shape index (κ1) is 14.9. The minimum atomic E-state index is -1.07. The number of anilines is 1. The molecule has 0 aliphatic heterocycles. The number of halogens is 1. The van der Waals surface area contributed by atoms with Crippen molar-refractivity contribution in [2.45, 2.75) is 6.54 Å². The molecule has 0 saturated heterocycles. The largest absolute Gasteiger partial charge is 0.478 e. The molecule has 0 atom stereocenters. The minimum Gasteiger partial charge on any atom is -0.478 e. The number of carboxylic acids is 1. The third-order valence-electron chi connectivity index (χ3n) is 2.46. The number of carbonyl (C=O) groups is 2. The molecule has 2 rings (SSSR count). The van der Waals surface area contributed by atoms with E-state index < -0.39 is 12.0 Å². The van der Waals surface area contributed by atoms with Crippen molar-refractivity contribution in [1.82, 2.24) is 15.5 Å². The lowest BCUT2D eigenvalue weighted by Crippen LogP contribution is -2.28. The van der Waals surface area contributed by atoms with E-state index in [0.717, 1.165) is 0 Å². The van der Waals surface area contributed by atoms with E-state index in [0.29, 0.717) is 15.9 Å². The maximum Gasteiger partial charge on any atom is 0.335 e. The van der Waals surface area contributed by atoms with Crippen LogP contribution >= 0.6 is 15.9 Å². The van der Waals surface area contributed by atoms with Gasteiger partial charge in [0.2, 0.25) is 0 Å². The van der Waals surface area contributed by atoms with Crippen molar-refractivity contribution >= 4 is 33.6 Å². The number of nitrogens with zero attached hydrogens (tertiary/aromatic N) is 2. The lowest BCUT2D eigenvalue weighted by atomic mass is 10.2. The van der Waals surface area contributed by atoms with Crippen LogP contribution in [0.2, 0.25) is 0 Å². The highest BCUT2D eigenvalue weighted by Gasteiger charge is 2.08. The normalized spacial score (nSPS) is 9.95. The number of benzene rings is 1. The number of carbonyl (C=O) groups excluding carboxylic acids is 1. The second kappa shape index (κ2) is 6.80. The number of carboxylic acid groups (broad SMARTS) is 1. The Hall–Kier alpha value is -2.48. The third kappa shape index (κ3) is 4.53. The summed E-state index contributed by atoms with van der Waals surface area (Å²) in [6, 6.07) is 7.41. The Labute approximate surface area is 128 Å². The van der Waals surface area contributed by atoms with Gasteiger partial charge in [-0.15, -0.1) is 0 Å².